The minimum atomic E-state index is -4.70. The number of hydrogen-bond donors (Lipinski definition) is 1. The summed E-state index contributed by atoms with van der Waals surface area (Å²) in [6, 6.07) is 9.16. The molecule has 0 bridgehead atoms. The molecule has 1 heterocycles. The molecular weight excluding hydrogens is 357 g/mol. The number of sulfone groups is 1. The molecular formula is C16H15F3N2O3S. The largest absolute Gasteiger partial charge is 0.417 e. The lowest BCUT2D eigenvalue weighted by Crippen LogP contribution is -2.31. The van der Waals surface area contributed by atoms with Gasteiger partial charge in [0.2, 0.25) is 0 Å². The van der Waals surface area contributed by atoms with E-state index >= 15 is 0 Å². The molecule has 1 amide bonds. The Morgan fingerprint density at radius 1 is 1.12 bits per heavy atom. The Labute approximate surface area is 142 Å². The van der Waals surface area contributed by atoms with Gasteiger partial charge < -0.3 is 5.32 Å². The SMILES string of the molecule is O=C(NCCS(=O)(=O)Cc1ccccc1)c1cnccc1C(F)(F)F. The first-order valence-electron chi connectivity index (χ1n) is 7.23. The number of rotatable bonds is 6. The van der Waals surface area contributed by atoms with Crippen LogP contribution >= 0.6 is 0 Å². The molecule has 1 aromatic heterocycles. The second kappa shape index (κ2) is 7.64. The van der Waals surface area contributed by atoms with E-state index in [1.165, 1.54) is 0 Å². The molecule has 0 unspecified atom stereocenters. The number of nitrogens with one attached hydrogen (secondary N) is 1. The van der Waals surface area contributed by atoms with Crippen molar-refractivity contribution in [2.45, 2.75) is 11.9 Å². The number of alkyl halides is 3. The fourth-order valence-corrected chi connectivity index (χ4v) is 3.40. The number of carbonyl (C=O) groups is 1. The van der Waals surface area contributed by atoms with Crippen LogP contribution in [0.25, 0.3) is 0 Å². The summed E-state index contributed by atoms with van der Waals surface area (Å²) in [5.74, 6) is -1.60. The Hall–Kier alpha value is -2.42. The molecule has 0 atom stereocenters. The number of amides is 1. The number of pyridine rings is 1. The van der Waals surface area contributed by atoms with Gasteiger partial charge in [-0.2, -0.15) is 13.2 Å². The molecule has 1 aromatic carbocycles. The van der Waals surface area contributed by atoms with E-state index in [0.29, 0.717) is 11.6 Å². The van der Waals surface area contributed by atoms with Gasteiger partial charge in [-0.3, -0.25) is 9.78 Å². The Morgan fingerprint density at radius 3 is 2.44 bits per heavy atom. The first-order chi connectivity index (χ1) is 11.7. The van der Waals surface area contributed by atoms with E-state index in [9.17, 15) is 26.4 Å². The van der Waals surface area contributed by atoms with E-state index < -0.39 is 33.0 Å². The summed E-state index contributed by atoms with van der Waals surface area (Å²) in [4.78, 5) is 15.4. The summed E-state index contributed by atoms with van der Waals surface area (Å²) in [5.41, 5.74) is -1.16. The van der Waals surface area contributed by atoms with Gasteiger partial charge in [-0.1, -0.05) is 30.3 Å². The van der Waals surface area contributed by atoms with E-state index in [1.807, 2.05) is 0 Å². The summed E-state index contributed by atoms with van der Waals surface area (Å²) in [7, 11) is -3.50. The minimum Gasteiger partial charge on any atom is -0.351 e. The van der Waals surface area contributed by atoms with Gasteiger partial charge in [0.1, 0.15) is 0 Å². The number of hydrogen-bond acceptors (Lipinski definition) is 4. The standard InChI is InChI=1S/C16H15F3N2O3S/c17-16(18,19)14-6-7-20-10-13(14)15(22)21-8-9-25(23,24)11-12-4-2-1-3-5-12/h1-7,10H,8-9,11H2,(H,21,22). The highest BCUT2D eigenvalue weighted by Gasteiger charge is 2.35. The Morgan fingerprint density at radius 2 is 1.80 bits per heavy atom. The van der Waals surface area contributed by atoms with Crippen LogP contribution in [0.3, 0.4) is 0 Å². The maximum atomic E-state index is 12.9. The number of carbonyl (C=O) groups excluding carboxylic acids is 1. The summed E-state index contributed by atoms with van der Waals surface area (Å²) < 4.78 is 62.6. The first-order valence-corrected chi connectivity index (χ1v) is 9.05. The Kier molecular flexibility index (Phi) is 5.78. The van der Waals surface area contributed by atoms with Gasteiger partial charge >= 0.3 is 6.18 Å². The predicted molar refractivity (Wildman–Crippen MR) is 85.5 cm³/mol. The van der Waals surface area contributed by atoms with Gasteiger partial charge in [0, 0.05) is 18.9 Å². The van der Waals surface area contributed by atoms with Gasteiger partial charge in [0.25, 0.3) is 5.91 Å². The number of aromatic nitrogens is 1. The third kappa shape index (κ3) is 5.56. The second-order valence-electron chi connectivity index (χ2n) is 5.25. The molecule has 9 heteroatoms. The highest BCUT2D eigenvalue weighted by molar-refractivity contribution is 7.90. The topological polar surface area (TPSA) is 76.1 Å². The molecule has 0 spiro atoms. The summed E-state index contributed by atoms with van der Waals surface area (Å²) in [5, 5.41) is 2.20. The molecule has 0 saturated heterocycles. The minimum absolute atomic E-state index is 0.204. The molecule has 0 aliphatic carbocycles. The smallest absolute Gasteiger partial charge is 0.351 e. The van der Waals surface area contributed by atoms with Crippen molar-refractivity contribution in [3.63, 3.8) is 0 Å². The van der Waals surface area contributed by atoms with Crippen molar-refractivity contribution < 1.29 is 26.4 Å². The van der Waals surface area contributed by atoms with Crippen molar-refractivity contribution in [3.05, 3.63) is 65.5 Å². The quantitative estimate of drug-likeness (QED) is 0.845. The number of nitrogens with zero attached hydrogens (tertiary/aromatic N) is 1. The van der Waals surface area contributed by atoms with E-state index in [0.717, 1.165) is 12.4 Å². The molecule has 5 nitrogen and oxygen atoms in total. The average molecular weight is 372 g/mol. The third-order valence-corrected chi connectivity index (χ3v) is 4.90. The van der Waals surface area contributed by atoms with Crippen molar-refractivity contribution in [1.29, 1.82) is 0 Å². The molecule has 25 heavy (non-hydrogen) atoms. The fourth-order valence-electron chi connectivity index (χ4n) is 2.14. The van der Waals surface area contributed by atoms with E-state index in [1.54, 1.807) is 30.3 Å². The van der Waals surface area contributed by atoms with Crippen LogP contribution in [-0.4, -0.2) is 31.6 Å². The predicted octanol–water partition coefficient (Wildman–Crippen LogP) is 2.45. The Bertz CT molecular complexity index is 837. The van der Waals surface area contributed by atoms with E-state index in [2.05, 4.69) is 10.3 Å². The fraction of sp³-hybridized carbons (Fsp3) is 0.250. The molecule has 0 fully saturated rings. The molecule has 0 radical (unpaired) electrons. The van der Waals surface area contributed by atoms with Crippen molar-refractivity contribution in [2.24, 2.45) is 0 Å². The van der Waals surface area contributed by atoms with Gasteiger partial charge in [-0.25, -0.2) is 8.42 Å². The van der Waals surface area contributed by atoms with Crippen LogP contribution in [0.15, 0.2) is 48.8 Å². The van der Waals surface area contributed by atoms with Crippen LogP contribution in [-0.2, 0) is 21.8 Å². The normalized spacial score (nSPS) is 12.0. The zero-order valence-corrected chi connectivity index (χ0v) is 13.8. The van der Waals surface area contributed by atoms with Gasteiger partial charge in [-0.05, 0) is 11.6 Å². The summed E-state index contributed by atoms with van der Waals surface area (Å²) in [6.07, 6.45) is -2.96. The van der Waals surface area contributed by atoms with E-state index in [-0.39, 0.29) is 18.1 Å². The van der Waals surface area contributed by atoms with Crippen LogP contribution < -0.4 is 5.32 Å². The lowest BCUT2D eigenvalue weighted by Gasteiger charge is -2.12. The van der Waals surface area contributed by atoms with Crippen molar-refractivity contribution in [2.75, 3.05) is 12.3 Å². The monoisotopic (exact) mass is 372 g/mol. The maximum Gasteiger partial charge on any atom is 0.417 e. The first kappa shape index (κ1) is 18.9. The van der Waals surface area contributed by atoms with Gasteiger partial charge in [0.15, 0.2) is 9.84 Å². The third-order valence-electron chi connectivity index (χ3n) is 3.30. The van der Waals surface area contributed by atoms with Gasteiger partial charge in [0.05, 0.1) is 22.6 Å². The van der Waals surface area contributed by atoms with Crippen molar-refractivity contribution in [1.82, 2.24) is 10.3 Å². The van der Waals surface area contributed by atoms with Crippen LogP contribution in [0.1, 0.15) is 21.5 Å². The second-order valence-corrected chi connectivity index (χ2v) is 7.44. The maximum absolute atomic E-state index is 12.9. The molecule has 0 aliphatic rings. The summed E-state index contributed by atoms with van der Waals surface area (Å²) in [6.45, 7) is -0.291. The number of halogens is 3. The van der Waals surface area contributed by atoms with Crippen LogP contribution in [0.4, 0.5) is 13.2 Å². The lowest BCUT2D eigenvalue weighted by molar-refractivity contribution is -0.138. The highest BCUT2D eigenvalue weighted by Crippen LogP contribution is 2.31. The molecule has 1 N–H and O–H groups in total. The van der Waals surface area contributed by atoms with Crippen LogP contribution in [0, 0.1) is 0 Å². The molecule has 2 aromatic rings. The van der Waals surface area contributed by atoms with Gasteiger partial charge in [-0.15, -0.1) is 0 Å². The molecule has 0 aliphatic heterocycles. The summed E-state index contributed by atoms with van der Waals surface area (Å²) >= 11 is 0. The average Bonchev–Trinajstić information content (AvgIpc) is 2.54. The molecule has 134 valence electrons. The lowest BCUT2D eigenvalue weighted by atomic mass is 10.1. The number of benzene rings is 1. The zero-order chi connectivity index (χ0) is 18.5. The van der Waals surface area contributed by atoms with Crippen molar-refractivity contribution >= 4 is 15.7 Å². The van der Waals surface area contributed by atoms with Crippen molar-refractivity contribution in [3.8, 4) is 0 Å². The highest BCUT2D eigenvalue weighted by atomic mass is 32.2. The van der Waals surface area contributed by atoms with Crippen LogP contribution in [0.5, 0.6) is 0 Å². The molecule has 0 saturated carbocycles. The van der Waals surface area contributed by atoms with Crippen LogP contribution in [0.2, 0.25) is 0 Å². The Balaban J connectivity index is 1.97. The molecule has 2 rings (SSSR count). The van der Waals surface area contributed by atoms with E-state index in [4.69, 9.17) is 0 Å². The zero-order valence-electron chi connectivity index (χ0n) is 13.0.